The van der Waals surface area contributed by atoms with Crippen molar-refractivity contribution in [3.8, 4) is 5.88 Å². The van der Waals surface area contributed by atoms with Crippen LogP contribution in [0, 0.1) is 5.41 Å². The van der Waals surface area contributed by atoms with Crippen LogP contribution in [0.2, 0.25) is 0 Å². The number of carbonyl (C=O) groups excluding carboxylic acids is 1. The first-order valence-electron chi connectivity index (χ1n) is 8.68. The molecule has 0 aliphatic carbocycles. The number of hydrogen-bond donors (Lipinski definition) is 0. The van der Waals surface area contributed by atoms with Crippen molar-refractivity contribution in [2.75, 3.05) is 40.0 Å². The van der Waals surface area contributed by atoms with Crippen LogP contribution in [0.3, 0.4) is 0 Å². The van der Waals surface area contributed by atoms with Crippen LogP contribution in [0.25, 0.3) is 0 Å². The summed E-state index contributed by atoms with van der Waals surface area (Å²) in [5.74, 6) is 0.350. The molecule has 2 aliphatic heterocycles. The third-order valence-electron chi connectivity index (χ3n) is 5.06. The first kappa shape index (κ1) is 17.2. The number of aromatic nitrogens is 1. The van der Waals surface area contributed by atoms with Crippen LogP contribution in [0.15, 0.2) is 18.3 Å². The molecule has 3 heterocycles. The lowest BCUT2D eigenvalue weighted by molar-refractivity contribution is -0.146. The van der Waals surface area contributed by atoms with Crippen molar-refractivity contribution in [1.82, 2.24) is 9.88 Å². The summed E-state index contributed by atoms with van der Waals surface area (Å²) in [6.45, 7) is 5.48. The maximum Gasteiger partial charge on any atom is 0.259 e. The smallest absolute Gasteiger partial charge is 0.259 e. The highest BCUT2D eigenvalue weighted by Crippen LogP contribution is 2.41. The van der Waals surface area contributed by atoms with Crippen LogP contribution in [0.1, 0.15) is 36.5 Å². The molecular formula is C18H26N2O4. The fourth-order valence-electron chi connectivity index (χ4n) is 3.87. The SMILES string of the molecule is CCOCC12CCCOC1CCN(C(=O)c1cccnc1OC)C2. The van der Waals surface area contributed by atoms with E-state index in [1.807, 2.05) is 11.8 Å². The van der Waals surface area contributed by atoms with E-state index in [4.69, 9.17) is 14.2 Å². The van der Waals surface area contributed by atoms with Gasteiger partial charge in [0.25, 0.3) is 5.91 Å². The molecule has 6 heteroatoms. The van der Waals surface area contributed by atoms with Crippen LogP contribution in [0.4, 0.5) is 0 Å². The van der Waals surface area contributed by atoms with Gasteiger partial charge in [-0.2, -0.15) is 0 Å². The summed E-state index contributed by atoms with van der Waals surface area (Å²) in [7, 11) is 1.54. The molecule has 0 radical (unpaired) electrons. The third-order valence-corrected chi connectivity index (χ3v) is 5.06. The van der Waals surface area contributed by atoms with Crippen molar-refractivity contribution in [3.05, 3.63) is 23.9 Å². The van der Waals surface area contributed by atoms with E-state index < -0.39 is 0 Å². The minimum absolute atomic E-state index is 0.0279. The Morgan fingerprint density at radius 2 is 2.42 bits per heavy atom. The van der Waals surface area contributed by atoms with Crippen LogP contribution in [0.5, 0.6) is 5.88 Å². The maximum atomic E-state index is 13.0. The lowest BCUT2D eigenvalue weighted by atomic mass is 9.73. The molecule has 2 unspecified atom stereocenters. The second-order valence-electron chi connectivity index (χ2n) is 6.54. The standard InChI is InChI=1S/C18H26N2O4/c1-3-23-13-18-8-5-11-24-15(18)7-10-20(12-18)17(21)14-6-4-9-19-16(14)22-2/h4,6,9,15H,3,5,7-8,10-13H2,1-2H3. The molecule has 0 N–H and O–H groups in total. The average molecular weight is 334 g/mol. The second kappa shape index (κ2) is 7.49. The summed E-state index contributed by atoms with van der Waals surface area (Å²) < 4.78 is 17.0. The summed E-state index contributed by atoms with van der Waals surface area (Å²) >= 11 is 0. The van der Waals surface area contributed by atoms with Gasteiger partial charge in [-0.25, -0.2) is 4.98 Å². The number of ether oxygens (including phenoxy) is 3. The summed E-state index contributed by atoms with van der Waals surface area (Å²) in [6, 6.07) is 3.54. The number of fused-ring (bicyclic) bond motifs is 1. The quantitative estimate of drug-likeness (QED) is 0.825. The monoisotopic (exact) mass is 334 g/mol. The molecule has 0 saturated carbocycles. The van der Waals surface area contributed by atoms with Crippen LogP contribution in [-0.2, 0) is 9.47 Å². The van der Waals surface area contributed by atoms with Crippen molar-refractivity contribution in [1.29, 1.82) is 0 Å². The Hall–Kier alpha value is -1.66. The molecule has 6 nitrogen and oxygen atoms in total. The van der Waals surface area contributed by atoms with Gasteiger partial charge in [0.05, 0.1) is 19.8 Å². The zero-order valence-electron chi connectivity index (χ0n) is 14.5. The van der Waals surface area contributed by atoms with Gasteiger partial charge in [-0.1, -0.05) is 0 Å². The van der Waals surface area contributed by atoms with Crippen molar-refractivity contribution < 1.29 is 19.0 Å². The lowest BCUT2D eigenvalue weighted by Gasteiger charge is -2.50. The molecule has 2 saturated heterocycles. The van der Waals surface area contributed by atoms with Crippen molar-refractivity contribution in [3.63, 3.8) is 0 Å². The average Bonchev–Trinajstić information content (AvgIpc) is 2.65. The number of piperidine rings is 1. The van der Waals surface area contributed by atoms with Crippen LogP contribution >= 0.6 is 0 Å². The van der Waals surface area contributed by atoms with E-state index in [0.29, 0.717) is 37.7 Å². The summed E-state index contributed by atoms with van der Waals surface area (Å²) in [6.07, 6.45) is 4.71. The van der Waals surface area contributed by atoms with Gasteiger partial charge in [-0.15, -0.1) is 0 Å². The summed E-state index contributed by atoms with van der Waals surface area (Å²) in [5.41, 5.74) is 0.416. The van der Waals surface area contributed by atoms with Crippen molar-refractivity contribution in [2.24, 2.45) is 5.41 Å². The third kappa shape index (κ3) is 3.26. The van der Waals surface area contributed by atoms with E-state index in [9.17, 15) is 4.79 Å². The highest BCUT2D eigenvalue weighted by atomic mass is 16.5. The van der Waals surface area contributed by atoms with Gasteiger partial charge in [0.2, 0.25) is 5.88 Å². The first-order chi connectivity index (χ1) is 11.7. The number of likely N-dealkylation sites (tertiary alicyclic amines) is 1. The molecule has 132 valence electrons. The fraction of sp³-hybridized carbons (Fsp3) is 0.667. The fourth-order valence-corrected chi connectivity index (χ4v) is 3.87. The molecule has 0 spiro atoms. The number of nitrogens with zero attached hydrogens (tertiary/aromatic N) is 2. The van der Waals surface area contributed by atoms with Crippen molar-refractivity contribution >= 4 is 5.91 Å². The molecule has 2 aliphatic rings. The zero-order chi connectivity index (χ0) is 17.0. The van der Waals surface area contributed by atoms with E-state index in [1.165, 1.54) is 7.11 Å². The number of hydrogen-bond acceptors (Lipinski definition) is 5. The number of amides is 1. The highest BCUT2D eigenvalue weighted by molar-refractivity contribution is 5.96. The molecule has 1 aromatic rings. The van der Waals surface area contributed by atoms with Gasteiger partial charge in [0.1, 0.15) is 5.56 Å². The minimum atomic E-state index is -0.0996. The normalized spacial score (nSPS) is 26.8. The molecular weight excluding hydrogens is 308 g/mol. The van der Waals surface area contributed by atoms with E-state index in [1.54, 1.807) is 18.3 Å². The number of methoxy groups -OCH3 is 1. The van der Waals surface area contributed by atoms with Gasteiger partial charge in [0.15, 0.2) is 0 Å². The van der Waals surface area contributed by atoms with Gasteiger partial charge in [0, 0.05) is 37.9 Å². The molecule has 2 atom stereocenters. The Bertz CT molecular complexity index is 580. The predicted octanol–water partition coefficient (Wildman–Crippen LogP) is 2.14. The van der Waals surface area contributed by atoms with Gasteiger partial charge in [-0.05, 0) is 38.3 Å². The molecule has 24 heavy (non-hydrogen) atoms. The van der Waals surface area contributed by atoms with Gasteiger partial charge >= 0.3 is 0 Å². The number of pyridine rings is 1. The van der Waals surface area contributed by atoms with Crippen LogP contribution < -0.4 is 4.74 Å². The minimum Gasteiger partial charge on any atom is -0.480 e. The van der Waals surface area contributed by atoms with E-state index in [-0.39, 0.29) is 17.4 Å². The second-order valence-corrected chi connectivity index (χ2v) is 6.54. The number of rotatable bonds is 5. The zero-order valence-corrected chi connectivity index (χ0v) is 14.5. The molecule has 2 fully saturated rings. The van der Waals surface area contributed by atoms with Crippen molar-refractivity contribution in [2.45, 2.75) is 32.3 Å². The van der Waals surface area contributed by atoms with E-state index in [2.05, 4.69) is 4.98 Å². The lowest BCUT2D eigenvalue weighted by Crippen LogP contribution is -2.58. The van der Waals surface area contributed by atoms with Crippen LogP contribution in [-0.4, -0.2) is 61.9 Å². The molecule has 3 rings (SSSR count). The Labute approximate surface area is 143 Å². The Kier molecular flexibility index (Phi) is 5.36. The topological polar surface area (TPSA) is 60.9 Å². The Morgan fingerprint density at radius 1 is 1.54 bits per heavy atom. The first-order valence-corrected chi connectivity index (χ1v) is 8.68. The molecule has 0 bridgehead atoms. The molecule has 0 aromatic carbocycles. The Balaban J connectivity index is 1.80. The maximum absolute atomic E-state index is 13.0. The van der Waals surface area contributed by atoms with Gasteiger partial charge < -0.3 is 19.1 Å². The molecule has 1 aromatic heterocycles. The molecule has 1 amide bonds. The van der Waals surface area contributed by atoms with E-state index in [0.717, 1.165) is 25.9 Å². The highest BCUT2D eigenvalue weighted by Gasteiger charge is 2.47. The number of carbonyl (C=O) groups is 1. The summed E-state index contributed by atoms with van der Waals surface area (Å²) in [5, 5.41) is 0. The van der Waals surface area contributed by atoms with E-state index >= 15 is 0 Å². The van der Waals surface area contributed by atoms with Gasteiger partial charge in [-0.3, -0.25) is 4.79 Å². The Morgan fingerprint density at radius 3 is 3.21 bits per heavy atom. The predicted molar refractivity (Wildman–Crippen MR) is 89.2 cm³/mol. The largest absolute Gasteiger partial charge is 0.480 e. The summed E-state index contributed by atoms with van der Waals surface area (Å²) in [4.78, 5) is 19.0.